The normalized spacial score (nSPS) is 10.5. The van der Waals surface area contributed by atoms with E-state index in [0.717, 1.165) is 13.0 Å². The Morgan fingerprint density at radius 2 is 2.00 bits per heavy atom. The Morgan fingerprint density at radius 3 is 2.79 bits per heavy atom. The molecule has 7 nitrogen and oxygen atoms in total. The predicted molar refractivity (Wildman–Crippen MR) is 91.5 cm³/mol. The highest BCUT2D eigenvalue weighted by molar-refractivity contribution is 5.77. The minimum Gasteiger partial charge on any atom is -0.393 e. The van der Waals surface area contributed by atoms with Gasteiger partial charge in [-0.05, 0) is 18.6 Å². The van der Waals surface area contributed by atoms with Gasteiger partial charge < -0.3 is 20.9 Å². The summed E-state index contributed by atoms with van der Waals surface area (Å²) < 4.78 is 15.7. The zero-order chi connectivity index (χ0) is 16.8. The average molecular weight is 327 g/mol. The number of nitrogen functional groups attached to an aromatic ring is 1. The maximum Gasteiger partial charge on any atom is 0.159 e. The average Bonchev–Trinajstić information content (AvgIpc) is 3.10. The van der Waals surface area contributed by atoms with Crippen molar-refractivity contribution in [3.05, 3.63) is 55.1 Å². The van der Waals surface area contributed by atoms with Gasteiger partial charge in [0.1, 0.15) is 17.8 Å². The highest BCUT2D eigenvalue weighted by atomic mass is 19.1. The van der Waals surface area contributed by atoms with Crippen molar-refractivity contribution in [1.82, 2.24) is 19.5 Å². The highest BCUT2D eigenvalue weighted by Crippen LogP contribution is 2.26. The van der Waals surface area contributed by atoms with Crippen LogP contribution in [-0.2, 0) is 6.54 Å². The minimum atomic E-state index is -0.370. The van der Waals surface area contributed by atoms with E-state index in [1.54, 1.807) is 30.7 Å². The van der Waals surface area contributed by atoms with E-state index in [1.165, 1.54) is 12.4 Å². The molecule has 0 atom stereocenters. The molecule has 3 rings (SSSR count). The summed E-state index contributed by atoms with van der Waals surface area (Å²) in [7, 11) is 0. The molecule has 2 aromatic heterocycles. The molecule has 0 aliphatic rings. The van der Waals surface area contributed by atoms with Crippen LogP contribution in [0.25, 0.3) is 0 Å². The molecule has 124 valence electrons. The predicted octanol–water partition coefficient (Wildman–Crippen LogP) is 2.64. The summed E-state index contributed by atoms with van der Waals surface area (Å²) >= 11 is 0. The molecule has 24 heavy (non-hydrogen) atoms. The van der Waals surface area contributed by atoms with Crippen molar-refractivity contribution in [2.75, 3.05) is 22.9 Å². The third kappa shape index (κ3) is 3.78. The van der Waals surface area contributed by atoms with Gasteiger partial charge in [0.2, 0.25) is 0 Å². The summed E-state index contributed by atoms with van der Waals surface area (Å²) in [6.45, 7) is 1.54. The van der Waals surface area contributed by atoms with Gasteiger partial charge in [-0.1, -0.05) is 12.1 Å². The van der Waals surface area contributed by atoms with E-state index in [0.29, 0.717) is 29.6 Å². The van der Waals surface area contributed by atoms with Crippen molar-refractivity contribution in [3.8, 4) is 0 Å². The van der Waals surface area contributed by atoms with Crippen LogP contribution < -0.4 is 16.4 Å². The first-order chi connectivity index (χ1) is 11.7. The number of benzene rings is 1. The maximum atomic E-state index is 13.7. The lowest BCUT2D eigenvalue weighted by Crippen LogP contribution is -2.11. The smallest absolute Gasteiger partial charge is 0.159 e. The molecule has 0 unspecified atom stereocenters. The standard InChI is InChI=1S/C16H18FN7/c17-12-4-1-2-5-13(12)23-16-14(18)15(21-10-22-16)20-6-3-8-24-9-7-19-11-24/h1-2,4-5,7,9-11H,3,6,8,18H2,(H2,20,21,22,23). The van der Waals surface area contributed by atoms with Crippen molar-refractivity contribution in [2.24, 2.45) is 0 Å². The van der Waals surface area contributed by atoms with Gasteiger partial charge in [0.25, 0.3) is 0 Å². The molecule has 0 saturated carbocycles. The Kier molecular flexibility index (Phi) is 4.85. The number of nitrogens with two attached hydrogens (primary N) is 1. The zero-order valence-electron chi connectivity index (χ0n) is 13.0. The van der Waals surface area contributed by atoms with Gasteiger partial charge in [-0.2, -0.15) is 0 Å². The van der Waals surface area contributed by atoms with E-state index in [9.17, 15) is 4.39 Å². The molecule has 3 aromatic rings. The van der Waals surface area contributed by atoms with Crippen LogP contribution in [0.5, 0.6) is 0 Å². The molecule has 0 fully saturated rings. The van der Waals surface area contributed by atoms with E-state index in [4.69, 9.17) is 5.73 Å². The zero-order valence-corrected chi connectivity index (χ0v) is 13.0. The van der Waals surface area contributed by atoms with Crippen LogP contribution in [0.2, 0.25) is 0 Å². The first kappa shape index (κ1) is 15.7. The molecule has 0 aliphatic carbocycles. The molecule has 0 spiro atoms. The fraction of sp³-hybridized carbons (Fsp3) is 0.188. The highest BCUT2D eigenvalue weighted by Gasteiger charge is 2.09. The topological polar surface area (TPSA) is 93.7 Å². The Labute approximate surface area is 138 Å². The number of nitrogens with one attached hydrogen (secondary N) is 2. The van der Waals surface area contributed by atoms with Crippen LogP contribution in [-0.4, -0.2) is 26.1 Å². The fourth-order valence-corrected chi connectivity index (χ4v) is 2.21. The van der Waals surface area contributed by atoms with Crippen molar-refractivity contribution >= 4 is 23.0 Å². The SMILES string of the molecule is Nc1c(NCCCn2ccnc2)ncnc1Nc1ccccc1F. The summed E-state index contributed by atoms with van der Waals surface area (Å²) in [5, 5.41) is 6.06. The molecule has 0 radical (unpaired) electrons. The molecule has 0 amide bonds. The summed E-state index contributed by atoms with van der Waals surface area (Å²) in [4.78, 5) is 12.2. The molecule has 0 saturated heterocycles. The van der Waals surface area contributed by atoms with Gasteiger partial charge in [0, 0.05) is 25.5 Å². The van der Waals surface area contributed by atoms with E-state index < -0.39 is 0 Å². The Balaban J connectivity index is 1.61. The van der Waals surface area contributed by atoms with E-state index in [1.807, 2.05) is 10.8 Å². The van der Waals surface area contributed by atoms with Gasteiger partial charge >= 0.3 is 0 Å². The van der Waals surface area contributed by atoms with Crippen LogP contribution in [0.15, 0.2) is 49.3 Å². The van der Waals surface area contributed by atoms with Gasteiger partial charge in [-0.15, -0.1) is 0 Å². The number of hydrogen-bond donors (Lipinski definition) is 3. The van der Waals surface area contributed by atoms with Crippen molar-refractivity contribution in [1.29, 1.82) is 0 Å². The van der Waals surface area contributed by atoms with Gasteiger partial charge in [-0.25, -0.2) is 19.3 Å². The third-order valence-electron chi connectivity index (χ3n) is 3.46. The van der Waals surface area contributed by atoms with Crippen molar-refractivity contribution < 1.29 is 4.39 Å². The van der Waals surface area contributed by atoms with E-state index >= 15 is 0 Å². The molecule has 4 N–H and O–H groups in total. The second kappa shape index (κ2) is 7.40. The number of hydrogen-bond acceptors (Lipinski definition) is 6. The Hall–Kier alpha value is -3.16. The van der Waals surface area contributed by atoms with Crippen LogP contribution in [0.1, 0.15) is 6.42 Å². The Bertz CT molecular complexity index is 789. The summed E-state index contributed by atoms with van der Waals surface area (Å²) in [6.07, 6.45) is 7.70. The van der Waals surface area contributed by atoms with E-state index in [2.05, 4.69) is 25.6 Å². The number of aromatic nitrogens is 4. The Morgan fingerprint density at radius 1 is 1.17 bits per heavy atom. The quantitative estimate of drug-likeness (QED) is 0.578. The van der Waals surface area contributed by atoms with Gasteiger partial charge in [-0.3, -0.25) is 0 Å². The molecular weight excluding hydrogens is 309 g/mol. The first-order valence-corrected chi connectivity index (χ1v) is 7.55. The first-order valence-electron chi connectivity index (χ1n) is 7.55. The third-order valence-corrected chi connectivity index (χ3v) is 3.46. The summed E-state index contributed by atoms with van der Waals surface area (Å²) in [5.41, 5.74) is 6.73. The second-order valence-electron chi connectivity index (χ2n) is 5.17. The lowest BCUT2D eigenvalue weighted by Gasteiger charge is -2.13. The van der Waals surface area contributed by atoms with Gasteiger partial charge in [0.15, 0.2) is 11.6 Å². The summed E-state index contributed by atoms with van der Waals surface area (Å²) in [5.74, 6) is 0.520. The van der Waals surface area contributed by atoms with Crippen LogP contribution >= 0.6 is 0 Å². The monoisotopic (exact) mass is 327 g/mol. The second-order valence-corrected chi connectivity index (χ2v) is 5.17. The summed E-state index contributed by atoms with van der Waals surface area (Å²) in [6, 6.07) is 6.35. The molecule has 1 aromatic carbocycles. The van der Waals surface area contributed by atoms with Crippen LogP contribution in [0, 0.1) is 5.82 Å². The van der Waals surface area contributed by atoms with Crippen LogP contribution in [0.4, 0.5) is 27.4 Å². The number of halogens is 1. The van der Waals surface area contributed by atoms with Crippen molar-refractivity contribution in [2.45, 2.75) is 13.0 Å². The molecular formula is C16H18FN7. The molecule has 8 heteroatoms. The lowest BCUT2D eigenvalue weighted by molar-refractivity contribution is 0.632. The molecule has 0 bridgehead atoms. The number of anilines is 4. The number of para-hydroxylation sites is 1. The maximum absolute atomic E-state index is 13.7. The number of imidazole rings is 1. The fourth-order valence-electron chi connectivity index (χ4n) is 2.21. The molecule has 2 heterocycles. The van der Waals surface area contributed by atoms with Crippen molar-refractivity contribution in [3.63, 3.8) is 0 Å². The number of nitrogens with zero attached hydrogens (tertiary/aromatic N) is 4. The molecule has 0 aliphatic heterocycles. The van der Waals surface area contributed by atoms with Gasteiger partial charge in [0.05, 0.1) is 12.0 Å². The number of rotatable bonds is 7. The van der Waals surface area contributed by atoms with E-state index in [-0.39, 0.29) is 5.82 Å². The minimum absolute atomic E-state index is 0.314. The lowest BCUT2D eigenvalue weighted by atomic mass is 10.3. The van der Waals surface area contributed by atoms with Crippen LogP contribution in [0.3, 0.4) is 0 Å². The largest absolute Gasteiger partial charge is 0.393 e. The number of aryl methyl sites for hydroxylation is 1.